The van der Waals surface area contributed by atoms with Gasteiger partial charge in [-0.3, -0.25) is 4.79 Å². The maximum Gasteiger partial charge on any atom is 0.261 e. The van der Waals surface area contributed by atoms with E-state index in [9.17, 15) is 4.79 Å². The van der Waals surface area contributed by atoms with Crippen LogP contribution >= 0.6 is 0 Å². The Morgan fingerprint density at radius 1 is 1.19 bits per heavy atom. The number of nitrogens with one attached hydrogen (secondary N) is 1. The third-order valence-corrected chi connectivity index (χ3v) is 4.96. The Bertz CT molecular complexity index is 774. The largest absolute Gasteiger partial charge is 0.480 e. The SMILES string of the molecule is CC1CN(c2ccc(CNC(=O)C3Cc4ccccc4O3)cn2)CC(C)O1. The molecule has 3 heterocycles. The average molecular weight is 367 g/mol. The lowest BCUT2D eigenvalue weighted by Crippen LogP contribution is -2.45. The molecule has 0 bridgehead atoms. The Hall–Kier alpha value is -2.60. The quantitative estimate of drug-likeness (QED) is 0.899. The second kappa shape index (κ2) is 7.56. The van der Waals surface area contributed by atoms with Crippen LogP contribution < -0.4 is 15.0 Å². The highest BCUT2D eigenvalue weighted by molar-refractivity contribution is 5.82. The standard InChI is InChI=1S/C21H25N3O3/c1-14-12-24(13-15(2)26-14)20-8-7-16(10-22-20)11-23-21(25)19-9-17-5-3-4-6-18(17)27-19/h3-8,10,14-15,19H,9,11-13H2,1-2H3,(H,23,25). The van der Waals surface area contributed by atoms with E-state index in [4.69, 9.17) is 9.47 Å². The van der Waals surface area contributed by atoms with Crippen molar-refractivity contribution < 1.29 is 14.3 Å². The first kappa shape index (κ1) is 17.8. The second-order valence-corrected chi connectivity index (χ2v) is 7.32. The normalized spacial score (nSPS) is 24.2. The molecule has 3 atom stereocenters. The lowest BCUT2D eigenvalue weighted by atomic mass is 10.1. The van der Waals surface area contributed by atoms with Crippen LogP contribution in [0, 0.1) is 0 Å². The van der Waals surface area contributed by atoms with Crippen LogP contribution in [0.5, 0.6) is 5.75 Å². The van der Waals surface area contributed by atoms with Crippen LogP contribution in [0.4, 0.5) is 5.82 Å². The number of aromatic nitrogens is 1. The van der Waals surface area contributed by atoms with E-state index >= 15 is 0 Å². The van der Waals surface area contributed by atoms with Crippen LogP contribution in [0.25, 0.3) is 0 Å². The summed E-state index contributed by atoms with van der Waals surface area (Å²) in [6.07, 6.45) is 2.39. The summed E-state index contributed by atoms with van der Waals surface area (Å²) in [6, 6.07) is 11.8. The van der Waals surface area contributed by atoms with Gasteiger partial charge >= 0.3 is 0 Å². The first-order chi connectivity index (χ1) is 13.1. The highest BCUT2D eigenvalue weighted by Crippen LogP contribution is 2.28. The molecule has 6 nitrogen and oxygen atoms in total. The number of carbonyl (C=O) groups is 1. The number of amides is 1. The van der Waals surface area contributed by atoms with Gasteiger partial charge in [0, 0.05) is 32.3 Å². The Morgan fingerprint density at radius 2 is 1.96 bits per heavy atom. The maximum absolute atomic E-state index is 12.4. The van der Waals surface area contributed by atoms with Gasteiger partial charge in [0.2, 0.25) is 0 Å². The summed E-state index contributed by atoms with van der Waals surface area (Å²) in [5, 5.41) is 2.95. The van der Waals surface area contributed by atoms with E-state index in [1.165, 1.54) is 0 Å². The number of pyridine rings is 1. The molecule has 2 aromatic rings. The highest BCUT2D eigenvalue weighted by Gasteiger charge is 2.28. The van der Waals surface area contributed by atoms with E-state index in [0.717, 1.165) is 35.8 Å². The zero-order chi connectivity index (χ0) is 18.8. The minimum absolute atomic E-state index is 0.0916. The van der Waals surface area contributed by atoms with Gasteiger partial charge in [0.25, 0.3) is 5.91 Å². The van der Waals surface area contributed by atoms with E-state index in [-0.39, 0.29) is 18.1 Å². The van der Waals surface area contributed by atoms with Gasteiger partial charge in [0.05, 0.1) is 12.2 Å². The number of nitrogens with zero attached hydrogens (tertiary/aromatic N) is 2. The Balaban J connectivity index is 1.31. The fourth-order valence-corrected chi connectivity index (χ4v) is 3.70. The van der Waals surface area contributed by atoms with Crippen molar-refractivity contribution in [3.63, 3.8) is 0 Å². The molecule has 0 saturated carbocycles. The molecular formula is C21H25N3O3. The van der Waals surface area contributed by atoms with Gasteiger partial charge in [-0.25, -0.2) is 4.98 Å². The molecule has 1 fully saturated rings. The van der Waals surface area contributed by atoms with E-state index in [2.05, 4.69) is 29.0 Å². The molecule has 1 amide bonds. The van der Waals surface area contributed by atoms with Crippen molar-refractivity contribution in [1.82, 2.24) is 10.3 Å². The van der Waals surface area contributed by atoms with E-state index in [1.54, 1.807) is 0 Å². The average Bonchev–Trinajstić information content (AvgIpc) is 3.10. The van der Waals surface area contributed by atoms with Crippen molar-refractivity contribution in [1.29, 1.82) is 0 Å². The van der Waals surface area contributed by atoms with Crippen LogP contribution in [0.3, 0.4) is 0 Å². The number of rotatable bonds is 4. The third kappa shape index (κ3) is 4.06. The smallest absolute Gasteiger partial charge is 0.261 e. The molecule has 142 valence electrons. The molecule has 3 unspecified atom stereocenters. The van der Waals surface area contributed by atoms with Crippen LogP contribution in [0.2, 0.25) is 0 Å². The topological polar surface area (TPSA) is 63.7 Å². The van der Waals surface area contributed by atoms with Crippen molar-refractivity contribution >= 4 is 11.7 Å². The fraction of sp³-hybridized carbons (Fsp3) is 0.429. The lowest BCUT2D eigenvalue weighted by molar-refractivity contribution is -0.127. The van der Waals surface area contributed by atoms with Gasteiger partial charge in [0.1, 0.15) is 11.6 Å². The number of ether oxygens (including phenoxy) is 2. The Labute approximate surface area is 159 Å². The first-order valence-electron chi connectivity index (χ1n) is 9.46. The van der Waals surface area contributed by atoms with Gasteiger partial charge in [-0.2, -0.15) is 0 Å². The fourth-order valence-electron chi connectivity index (χ4n) is 3.70. The summed E-state index contributed by atoms with van der Waals surface area (Å²) < 4.78 is 11.5. The summed E-state index contributed by atoms with van der Waals surface area (Å²) in [7, 11) is 0. The molecule has 1 saturated heterocycles. The molecular weight excluding hydrogens is 342 g/mol. The summed E-state index contributed by atoms with van der Waals surface area (Å²) >= 11 is 0. The molecule has 0 radical (unpaired) electrons. The van der Waals surface area contributed by atoms with Crippen molar-refractivity contribution in [2.24, 2.45) is 0 Å². The number of hydrogen-bond donors (Lipinski definition) is 1. The van der Waals surface area contributed by atoms with Gasteiger partial charge in [0.15, 0.2) is 6.10 Å². The zero-order valence-corrected chi connectivity index (χ0v) is 15.7. The Kier molecular flexibility index (Phi) is 4.99. The Morgan fingerprint density at radius 3 is 2.67 bits per heavy atom. The molecule has 1 aromatic heterocycles. The monoisotopic (exact) mass is 367 g/mol. The lowest BCUT2D eigenvalue weighted by Gasteiger charge is -2.36. The summed E-state index contributed by atoms with van der Waals surface area (Å²) in [4.78, 5) is 19.2. The maximum atomic E-state index is 12.4. The molecule has 6 heteroatoms. The summed E-state index contributed by atoms with van der Waals surface area (Å²) in [6.45, 7) is 6.28. The van der Waals surface area contributed by atoms with Crippen LogP contribution in [0.1, 0.15) is 25.0 Å². The molecule has 1 N–H and O–H groups in total. The van der Waals surface area contributed by atoms with Crippen molar-refractivity contribution in [3.8, 4) is 5.75 Å². The van der Waals surface area contributed by atoms with E-state index in [0.29, 0.717) is 13.0 Å². The van der Waals surface area contributed by atoms with Crippen molar-refractivity contribution in [2.45, 2.75) is 45.1 Å². The second-order valence-electron chi connectivity index (χ2n) is 7.32. The molecule has 2 aliphatic rings. The number of benzene rings is 1. The highest BCUT2D eigenvalue weighted by atomic mass is 16.5. The number of morpholine rings is 1. The molecule has 27 heavy (non-hydrogen) atoms. The minimum Gasteiger partial charge on any atom is -0.480 e. The molecule has 0 aliphatic carbocycles. The summed E-state index contributed by atoms with van der Waals surface area (Å²) in [5.74, 6) is 1.66. The van der Waals surface area contributed by atoms with Crippen LogP contribution in [-0.2, 0) is 22.5 Å². The first-order valence-corrected chi connectivity index (χ1v) is 9.46. The molecule has 4 rings (SSSR count). The molecule has 0 spiro atoms. The van der Waals surface area contributed by atoms with Crippen molar-refractivity contribution in [2.75, 3.05) is 18.0 Å². The number of fused-ring (bicyclic) bond motifs is 1. The number of hydrogen-bond acceptors (Lipinski definition) is 5. The summed E-state index contributed by atoms with van der Waals surface area (Å²) in [5.41, 5.74) is 2.05. The van der Waals surface area contributed by atoms with Crippen LogP contribution in [0.15, 0.2) is 42.6 Å². The number of anilines is 1. The van der Waals surface area contributed by atoms with E-state index < -0.39 is 6.10 Å². The van der Waals surface area contributed by atoms with Gasteiger partial charge in [-0.05, 0) is 37.1 Å². The van der Waals surface area contributed by atoms with Crippen LogP contribution in [-0.4, -0.2) is 42.3 Å². The number of carbonyl (C=O) groups excluding carboxylic acids is 1. The number of para-hydroxylation sites is 1. The molecule has 1 aromatic carbocycles. The molecule has 2 aliphatic heterocycles. The van der Waals surface area contributed by atoms with Gasteiger partial charge in [-0.15, -0.1) is 0 Å². The minimum atomic E-state index is -0.453. The van der Waals surface area contributed by atoms with E-state index in [1.807, 2.05) is 42.6 Å². The van der Waals surface area contributed by atoms with Gasteiger partial charge < -0.3 is 19.7 Å². The predicted molar refractivity (Wildman–Crippen MR) is 103 cm³/mol. The van der Waals surface area contributed by atoms with Crippen molar-refractivity contribution in [3.05, 3.63) is 53.7 Å². The zero-order valence-electron chi connectivity index (χ0n) is 15.7. The predicted octanol–water partition coefficient (Wildman–Crippen LogP) is 2.32. The van der Waals surface area contributed by atoms with Gasteiger partial charge in [-0.1, -0.05) is 24.3 Å². The third-order valence-electron chi connectivity index (χ3n) is 4.96.